The van der Waals surface area contributed by atoms with E-state index < -0.39 is 0 Å². The zero-order valence-electron chi connectivity index (χ0n) is 10.5. The molecule has 2 N–H and O–H groups in total. The molecule has 0 aliphatic carbocycles. The third-order valence-corrected chi connectivity index (χ3v) is 2.55. The van der Waals surface area contributed by atoms with E-state index in [4.69, 9.17) is 10.5 Å². The fourth-order valence-corrected chi connectivity index (χ4v) is 1.67. The lowest BCUT2D eigenvalue weighted by atomic mass is 10.2. The lowest BCUT2D eigenvalue weighted by Crippen LogP contribution is -2.41. The van der Waals surface area contributed by atoms with Gasteiger partial charge < -0.3 is 15.4 Å². The van der Waals surface area contributed by atoms with Gasteiger partial charge in [0.05, 0.1) is 24.5 Å². The molecule has 17 heavy (non-hydrogen) atoms. The second kappa shape index (κ2) is 6.20. The molecular weight excluding hydrogens is 218 g/mol. The number of pyridine rings is 1. The first-order valence-corrected chi connectivity index (χ1v) is 5.61. The maximum absolute atomic E-state index is 12.2. The molecule has 0 aliphatic heterocycles. The summed E-state index contributed by atoms with van der Waals surface area (Å²) in [5.41, 5.74) is 6.49. The monoisotopic (exact) mass is 237 g/mol. The van der Waals surface area contributed by atoms with Crippen LogP contribution < -0.4 is 5.73 Å². The van der Waals surface area contributed by atoms with Crippen molar-refractivity contribution >= 4 is 11.6 Å². The van der Waals surface area contributed by atoms with E-state index in [1.807, 2.05) is 13.8 Å². The van der Waals surface area contributed by atoms with Gasteiger partial charge in [0.25, 0.3) is 5.91 Å². The number of hydrogen-bond acceptors (Lipinski definition) is 4. The Hall–Kier alpha value is -1.62. The molecule has 0 saturated carbocycles. The van der Waals surface area contributed by atoms with E-state index in [0.717, 1.165) is 0 Å². The van der Waals surface area contributed by atoms with Gasteiger partial charge in [0, 0.05) is 13.7 Å². The first kappa shape index (κ1) is 13.4. The van der Waals surface area contributed by atoms with Crippen molar-refractivity contribution in [2.45, 2.75) is 19.9 Å². The molecule has 0 aliphatic rings. The number of likely N-dealkylation sites (N-methyl/N-ethyl adjacent to an activating group) is 1. The molecule has 0 radical (unpaired) electrons. The SMILES string of the molecule is CCN(C(=O)c1ccc(N)cn1)C(C)COC. The Bertz CT molecular complexity index is 365. The summed E-state index contributed by atoms with van der Waals surface area (Å²) in [6.07, 6.45) is 1.49. The number of carbonyl (C=O) groups excluding carboxylic acids is 1. The van der Waals surface area contributed by atoms with E-state index >= 15 is 0 Å². The number of ether oxygens (including phenoxy) is 1. The smallest absolute Gasteiger partial charge is 0.272 e. The van der Waals surface area contributed by atoms with Crippen LogP contribution in [0.15, 0.2) is 18.3 Å². The fraction of sp³-hybridized carbons (Fsp3) is 0.500. The van der Waals surface area contributed by atoms with E-state index in [2.05, 4.69) is 4.98 Å². The quantitative estimate of drug-likeness (QED) is 0.834. The van der Waals surface area contributed by atoms with Crippen LogP contribution in [0.1, 0.15) is 24.3 Å². The highest BCUT2D eigenvalue weighted by atomic mass is 16.5. The third-order valence-electron chi connectivity index (χ3n) is 2.55. The number of hydrogen-bond donors (Lipinski definition) is 1. The Morgan fingerprint density at radius 1 is 1.59 bits per heavy atom. The van der Waals surface area contributed by atoms with Gasteiger partial charge in [0.2, 0.25) is 0 Å². The fourth-order valence-electron chi connectivity index (χ4n) is 1.67. The minimum absolute atomic E-state index is 0.0249. The molecule has 0 fully saturated rings. The minimum Gasteiger partial charge on any atom is -0.397 e. The number of amides is 1. The largest absolute Gasteiger partial charge is 0.397 e. The summed E-state index contributed by atoms with van der Waals surface area (Å²) >= 11 is 0. The Morgan fingerprint density at radius 2 is 2.29 bits per heavy atom. The second-order valence-corrected chi connectivity index (χ2v) is 3.87. The van der Waals surface area contributed by atoms with E-state index in [0.29, 0.717) is 24.5 Å². The zero-order valence-corrected chi connectivity index (χ0v) is 10.5. The van der Waals surface area contributed by atoms with Gasteiger partial charge in [-0.3, -0.25) is 4.79 Å². The average Bonchev–Trinajstić information content (AvgIpc) is 2.31. The van der Waals surface area contributed by atoms with Gasteiger partial charge >= 0.3 is 0 Å². The highest BCUT2D eigenvalue weighted by Gasteiger charge is 2.20. The first-order chi connectivity index (χ1) is 8.10. The van der Waals surface area contributed by atoms with Crippen molar-refractivity contribution in [3.05, 3.63) is 24.0 Å². The Kier molecular flexibility index (Phi) is 4.90. The predicted octanol–water partition coefficient (Wildman–Crippen LogP) is 1.16. The summed E-state index contributed by atoms with van der Waals surface area (Å²) < 4.78 is 5.06. The molecule has 1 heterocycles. The van der Waals surface area contributed by atoms with Crippen molar-refractivity contribution in [1.82, 2.24) is 9.88 Å². The number of nitrogens with zero attached hydrogens (tertiary/aromatic N) is 2. The second-order valence-electron chi connectivity index (χ2n) is 3.87. The molecule has 0 spiro atoms. The Morgan fingerprint density at radius 3 is 2.76 bits per heavy atom. The van der Waals surface area contributed by atoms with Crippen molar-refractivity contribution in [3.63, 3.8) is 0 Å². The summed E-state index contributed by atoms with van der Waals surface area (Å²) in [7, 11) is 1.62. The van der Waals surface area contributed by atoms with Crippen LogP contribution in [0, 0.1) is 0 Å². The van der Waals surface area contributed by atoms with Gasteiger partial charge in [-0.05, 0) is 26.0 Å². The number of rotatable bonds is 5. The van der Waals surface area contributed by atoms with E-state index in [1.165, 1.54) is 6.20 Å². The summed E-state index contributed by atoms with van der Waals surface area (Å²) in [4.78, 5) is 17.9. The van der Waals surface area contributed by atoms with Crippen LogP contribution in [-0.2, 0) is 4.74 Å². The lowest BCUT2D eigenvalue weighted by molar-refractivity contribution is 0.0574. The molecule has 1 unspecified atom stereocenters. The van der Waals surface area contributed by atoms with Crippen molar-refractivity contribution in [3.8, 4) is 0 Å². The van der Waals surface area contributed by atoms with Gasteiger partial charge in [-0.2, -0.15) is 0 Å². The molecule has 0 aromatic carbocycles. The number of nitrogen functional groups attached to an aromatic ring is 1. The van der Waals surface area contributed by atoms with Crippen LogP contribution in [0.25, 0.3) is 0 Å². The summed E-state index contributed by atoms with van der Waals surface area (Å²) in [5.74, 6) is -0.1000. The molecular formula is C12H19N3O2. The van der Waals surface area contributed by atoms with Crippen LogP contribution in [0.5, 0.6) is 0 Å². The maximum atomic E-state index is 12.2. The molecule has 94 valence electrons. The minimum atomic E-state index is -0.1000. The first-order valence-electron chi connectivity index (χ1n) is 5.61. The summed E-state index contributed by atoms with van der Waals surface area (Å²) in [6, 6.07) is 3.34. The number of nitrogens with two attached hydrogens (primary N) is 1. The molecule has 1 atom stereocenters. The third kappa shape index (κ3) is 3.42. The topological polar surface area (TPSA) is 68.5 Å². The molecule has 1 rings (SSSR count). The molecule has 1 aromatic rings. The standard InChI is InChI=1S/C12H19N3O2/c1-4-15(9(2)8-17-3)12(16)11-6-5-10(13)7-14-11/h5-7,9H,4,8,13H2,1-3H3. The van der Waals surface area contributed by atoms with Gasteiger partial charge in [-0.25, -0.2) is 4.98 Å². The van der Waals surface area contributed by atoms with Gasteiger partial charge in [-0.15, -0.1) is 0 Å². The van der Waals surface area contributed by atoms with Crippen LogP contribution >= 0.6 is 0 Å². The van der Waals surface area contributed by atoms with Gasteiger partial charge in [-0.1, -0.05) is 0 Å². The number of carbonyl (C=O) groups is 1. The lowest BCUT2D eigenvalue weighted by Gasteiger charge is -2.27. The van der Waals surface area contributed by atoms with Crippen LogP contribution in [0.3, 0.4) is 0 Å². The number of anilines is 1. The highest BCUT2D eigenvalue weighted by Crippen LogP contribution is 2.08. The normalized spacial score (nSPS) is 12.2. The van der Waals surface area contributed by atoms with Crippen molar-refractivity contribution in [2.75, 3.05) is 26.0 Å². The van der Waals surface area contributed by atoms with Crippen LogP contribution in [0.2, 0.25) is 0 Å². The molecule has 5 nitrogen and oxygen atoms in total. The number of aromatic nitrogens is 1. The van der Waals surface area contributed by atoms with Crippen molar-refractivity contribution < 1.29 is 9.53 Å². The van der Waals surface area contributed by atoms with Gasteiger partial charge in [0.1, 0.15) is 5.69 Å². The van der Waals surface area contributed by atoms with E-state index in [9.17, 15) is 4.79 Å². The molecule has 0 bridgehead atoms. The van der Waals surface area contributed by atoms with Gasteiger partial charge in [0.15, 0.2) is 0 Å². The van der Waals surface area contributed by atoms with Crippen LogP contribution in [0.4, 0.5) is 5.69 Å². The van der Waals surface area contributed by atoms with E-state index in [-0.39, 0.29) is 11.9 Å². The predicted molar refractivity (Wildman–Crippen MR) is 66.7 cm³/mol. The zero-order chi connectivity index (χ0) is 12.8. The number of methoxy groups -OCH3 is 1. The highest BCUT2D eigenvalue weighted by molar-refractivity contribution is 5.92. The molecule has 1 aromatic heterocycles. The molecule has 5 heteroatoms. The Labute approximate surface area is 102 Å². The van der Waals surface area contributed by atoms with Crippen molar-refractivity contribution in [1.29, 1.82) is 0 Å². The molecule has 1 amide bonds. The maximum Gasteiger partial charge on any atom is 0.272 e. The van der Waals surface area contributed by atoms with Crippen LogP contribution in [-0.4, -0.2) is 42.1 Å². The van der Waals surface area contributed by atoms with E-state index in [1.54, 1.807) is 24.1 Å². The summed E-state index contributed by atoms with van der Waals surface area (Å²) in [6.45, 7) is 5.01. The average molecular weight is 237 g/mol. The van der Waals surface area contributed by atoms with Crippen molar-refractivity contribution in [2.24, 2.45) is 0 Å². The Balaban J connectivity index is 2.82. The molecule has 0 saturated heterocycles. The summed E-state index contributed by atoms with van der Waals surface area (Å²) in [5, 5.41) is 0.